The molecule has 5 nitrogen and oxygen atoms in total. The molecule has 1 amide bonds. The Bertz CT molecular complexity index is 995. The van der Waals surface area contributed by atoms with E-state index in [4.69, 9.17) is 16.0 Å². The van der Waals surface area contributed by atoms with Gasteiger partial charge < -0.3 is 9.74 Å². The Morgan fingerprint density at radius 3 is 2.55 bits per heavy atom. The third kappa shape index (κ3) is 5.00. The van der Waals surface area contributed by atoms with Gasteiger partial charge in [0, 0.05) is 18.0 Å². The summed E-state index contributed by atoms with van der Waals surface area (Å²) in [5, 5.41) is 13.2. The van der Waals surface area contributed by atoms with Crippen molar-refractivity contribution in [3.63, 3.8) is 0 Å². The fraction of sp³-hybridized carbons (Fsp3) is 0.458. The van der Waals surface area contributed by atoms with E-state index in [0.717, 1.165) is 18.4 Å². The number of anilines is 1. The van der Waals surface area contributed by atoms with Gasteiger partial charge in [-0.2, -0.15) is 5.26 Å². The Balaban J connectivity index is 1.72. The van der Waals surface area contributed by atoms with Crippen molar-refractivity contribution >= 4 is 31.5 Å². The summed E-state index contributed by atoms with van der Waals surface area (Å²) in [6, 6.07) is 13.4. The maximum absolute atomic E-state index is 12.5. The number of carbonyl (C=O) groups excluding carboxylic acids is 1. The van der Waals surface area contributed by atoms with E-state index in [-0.39, 0.29) is 22.2 Å². The van der Waals surface area contributed by atoms with Gasteiger partial charge >= 0.3 is 0 Å². The molecule has 2 atom stereocenters. The number of nitrogens with one attached hydrogen (secondary N) is 1. The molecule has 0 radical (unpaired) electrons. The molecule has 1 heterocycles. The Hall–Kier alpha value is -2.20. The summed E-state index contributed by atoms with van der Waals surface area (Å²) >= 11 is 6.00. The number of pyridine rings is 1. The van der Waals surface area contributed by atoms with E-state index in [0.29, 0.717) is 17.7 Å². The summed E-state index contributed by atoms with van der Waals surface area (Å²) in [6.45, 7) is 11.2. The molecule has 1 aliphatic rings. The van der Waals surface area contributed by atoms with Crippen molar-refractivity contribution < 1.29 is 9.22 Å². The maximum Gasteiger partial charge on any atom is 0.258 e. The quantitative estimate of drug-likeness (QED) is 0.422. The predicted molar refractivity (Wildman–Crippen MR) is 127 cm³/mol. The normalized spacial score (nSPS) is 21.5. The molecule has 3 rings (SSSR count). The average Bonchev–Trinajstić information content (AvgIpc) is 3.11. The molecule has 0 unspecified atom stereocenters. The number of aromatic nitrogens is 1. The number of rotatable bonds is 5. The average molecular weight is 456 g/mol. The van der Waals surface area contributed by atoms with E-state index in [1.165, 1.54) is 0 Å². The topological polar surface area (TPSA) is 75.0 Å². The van der Waals surface area contributed by atoms with Crippen LogP contribution in [0, 0.1) is 11.3 Å². The smallest absolute Gasteiger partial charge is 0.258 e. The van der Waals surface area contributed by atoms with Crippen LogP contribution in [0.3, 0.4) is 0 Å². The van der Waals surface area contributed by atoms with Crippen LogP contribution in [-0.4, -0.2) is 25.3 Å². The zero-order valence-electron chi connectivity index (χ0n) is 18.8. The third-order valence-electron chi connectivity index (χ3n) is 6.65. The molecule has 7 heteroatoms. The molecule has 1 saturated carbocycles. The highest BCUT2D eigenvalue weighted by Gasteiger charge is 2.46. The molecule has 2 aromatic rings. The molecule has 0 bridgehead atoms. The van der Waals surface area contributed by atoms with Crippen LogP contribution in [0.25, 0.3) is 0 Å². The van der Waals surface area contributed by atoms with Crippen molar-refractivity contribution in [1.29, 1.82) is 5.26 Å². The van der Waals surface area contributed by atoms with Gasteiger partial charge in [0.2, 0.25) is 0 Å². The highest BCUT2D eigenvalue weighted by atomic mass is 35.5. The second kappa shape index (κ2) is 8.74. The first-order valence-electron chi connectivity index (χ1n) is 10.6. The minimum absolute atomic E-state index is 0.104. The van der Waals surface area contributed by atoms with Gasteiger partial charge in [-0.1, -0.05) is 44.5 Å². The summed E-state index contributed by atoms with van der Waals surface area (Å²) in [4.78, 5) is 16.4. The Kier molecular flexibility index (Phi) is 6.61. The number of halogens is 1. The van der Waals surface area contributed by atoms with Gasteiger partial charge in [0.05, 0.1) is 17.0 Å². The predicted octanol–water partition coefficient (Wildman–Crippen LogP) is 6.32. The number of carbonyl (C=O) groups is 1. The van der Waals surface area contributed by atoms with Gasteiger partial charge in [0.25, 0.3) is 5.91 Å². The van der Waals surface area contributed by atoms with Crippen LogP contribution in [0.2, 0.25) is 23.3 Å². The van der Waals surface area contributed by atoms with Crippen molar-refractivity contribution in [2.75, 3.05) is 5.32 Å². The molecule has 1 fully saturated rings. The van der Waals surface area contributed by atoms with E-state index < -0.39 is 13.7 Å². The molecular formula is C24H30ClN3O2Si. The van der Waals surface area contributed by atoms with Gasteiger partial charge in [-0.3, -0.25) is 4.79 Å². The van der Waals surface area contributed by atoms with Gasteiger partial charge in [0.15, 0.2) is 8.32 Å². The lowest BCUT2D eigenvalue weighted by atomic mass is 9.80. The summed E-state index contributed by atoms with van der Waals surface area (Å²) in [6.07, 6.45) is 4.01. The van der Waals surface area contributed by atoms with Crippen molar-refractivity contribution in [2.45, 2.75) is 69.7 Å². The van der Waals surface area contributed by atoms with Gasteiger partial charge in [-0.05, 0) is 67.2 Å². The molecule has 1 aromatic heterocycles. The van der Waals surface area contributed by atoms with Crippen LogP contribution >= 0.6 is 11.6 Å². The highest BCUT2D eigenvalue weighted by molar-refractivity contribution is 6.74. The van der Waals surface area contributed by atoms with E-state index >= 15 is 0 Å². The van der Waals surface area contributed by atoms with Crippen LogP contribution in [0.4, 0.5) is 5.69 Å². The maximum atomic E-state index is 12.5. The SMILES string of the molecule is CC(C)(C)[Si](C)(C)O[C@@H]1CC[C@](C#N)(c2ccc(NC(=O)c3cccnc3Cl)cc2)C1. The lowest BCUT2D eigenvalue weighted by Crippen LogP contribution is -2.43. The van der Waals surface area contributed by atoms with Crippen molar-refractivity contribution in [3.05, 3.63) is 58.9 Å². The molecule has 0 aliphatic heterocycles. The van der Waals surface area contributed by atoms with Crippen molar-refractivity contribution in [3.8, 4) is 6.07 Å². The fourth-order valence-electron chi connectivity index (χ4n) is 3.75. The van der Waals surface area contributed by atoms with Crippen LogP contribution in [0.5, 0.6) is 0 Å². The second-order valence-electron chi connectivity index (χ2n) is 9.81. The number of nitriles is 1. The van der Waals surface area contributed by atoms with E-state index in [2.05, 4.69) is 50.2 Å². The van der Waals surface area contributed by atoms with Crippen LogP contribution in [-0.2, 0) is 9.84 Å². The summed E-state index contributed by atoms with van der Waals surface area (Å²) in [5.74, 6) is -0.315. The van der Waals surface area contributed by atoms with Gasteiger partial charge in [-0.25, -0.2) is 4.98 Å². The standard InChI is InChI=1S/C24H30ClN3O2Si/c1-23(2,3)31(4,5)30-19-12-13-24(15-19,16-26)17-8-10-18(11-9-17)28-22(29)20-7-6-14-27-21(20)25/h6-11,14,19H,12-13,15H2,1-5H3,(H,28,29)/t19-,24+/m1/s1. The number of nitrogens with zero attached hydrogens (tertiary/aromatic N) is 2. The van der Waals surface area contributed by atoms with E-state index in [1.54, 1.807) is 18.3 Å². The molecule has 1 N–H and O–H groups in total. The van der Waals surface area contributed by atoms with Crippen LogP contribution in [0.15, 0.2) is 42.6 Å². The van der Waals surface area contributed by atoms with Gasteiger partial charge in [0.1, 0.15) is 5.15 Å². The van der Waals surface area contributed by atoms with E-state index in [1.807, 2.05) is 24.3 Å². The van der Waals surface area contributed by atoms with E-state index in [9.17, 15) is 10.1 Å². The van der Waals surface area contributed by atoms with Gasteiger partial charge in [-0.15, -0.1) is 0 Å². The first kappa shape index (κ1) is 23.5. The zero-order chi connectivity index (χ0) is 22.9. The summed E-state index contributed by atoms with van der Waals surface area (Å²) < 4.78 is 6.59. The zero-order valence-corrected chi connectivity index (χ0v) is 20.6. The van der Waals surface area contributed by atoms with Crippen molar-refractivity contribution in [2.24, 2.45) is 0 Å². The minimum atomic E-state index is -1.88. The first-order valence-corrected chi connectivity index (χ1v) is 13.9. The number of hydrogen-bond donors (Lipinski definition) is 1. The number of hydrogen-bond acceptors (Lipinski definition) is 4. The molecule has 0 spiro atoms. The van der Waals surface area contributed by atoms with Crippen LogP contribution in [0.1, 0.15) is 56.0 Å². The highest BCUT2D eigenvalue weighted by Crippen LogP contribution is 2.45. The Labute approximate surface area is 190 Å². The number of amides is 1. The monoisotopic (exact) mass is 455 g/mol. The fourth-order valence-corrected chi connectivity index (χ4v) is 5.34. The summed E-state index contributed by atoms with van der Waals surface area (Å²) in [7, 11) is -1.88. The largest absolute Gasteiger partial charge is 0.414 e. The second-order valence-corrected chi connectivity index (χ2v) is 14.9. The summed E-state index contributed by atoms with van der Waals surface area (Å²) in [5.41, 5.74) is 1.38. The lowest BCUT2D eigenvalue weighted by Gasteiger charge is -2.38. The molecular weight excluding hydrogens is 426 g/mol. The Morgan fingerprint density at radius 1 is 1.29 bits per heavy atom. The lowest BCUT2D eigenvalue weighted by molar-refractivity contribution is 0.102. The molecule has 31 heavy (non-hydrogen) atoms. The first-order chi connectivity index (χ1) is 14.5. The van der Waals surface area contributed by atoms with Crippen LogP contribution < -0.4 is 5.32 Å². The third-order valence-corrected chi connectivity index (χ3v) is 11.5. The minimum Gasteiger partial charge on any atom is -0.414 e. The Morgan fingerprint density at radius 2 is 1.97 bits per heavy atom. The molecule has 0 saturated heterocycles. The van der Waals surface area contributed by atoms with Crippen molar-refractivity contribution in [1.82, 2.24) is 4.98 Å². The molecule has 1 aromatic carbocycles. The number of benzene rings is 1. The molecule has 164 valence electrons. The molecule has 1 aliphatic carbocycles.